The van der Waals surface area contributed by atoms with E-state index in [4.69, 9.17) is 5.26 Å². The predicted molar refractivity (Wildman–Crippen MR) is 117 cm³/mol. The van der Waals surface area contributed by atoms with Crippen molar-refractivity contribution in [3.63, 3.8) is 0 Å². The maximum Gasteiger partial charge on any atom is 0.255 e. The third kappa shape index (κ3) is 5.12. The molecule has 3 rings (SSSR count). The van der Waals surface area contributed by atoms with Gasteiger partial charge in [0.2, 0.25) is 0 Å². The van der Waals surface area contributed by atoms with Crippen molar-refractivity contribution in [3.8, 4) is 6.07 Å². The second-order valence-electron chi connectivity index (χ2n) is 7.23. The van der Waals surface area contributed by atoms with Gasteiger partial charge in [-0.05, 0) is 67.9 Å². The summed E-state index contributed by atoms with van der Waals surface area (Å²) in [4.78, 5) is 27.3. The SMILES string of the molecule is CC(C)N(Cc1ccccc1)C(=O)c1ccc(C(=O)Nc2ccc(C#N)cc2)cc1. The first kappa shape index (κ1) is 20.8. The number of carbonyl (C=O) groups is 2. The molecule has 0 aliphatic carbocycles. The minimum Gasteiger partial charge on any atom is -0.332 e. The highest BCUT2D eigenvalue weighted by molar-refractivity contribution is 6.05. The van der Waals surface area contributed by atoms with Crippen LogP contribution in [0.3, 0.4) is 0 Å². The van der Waals surface area contributed by atoms with Crippen LogP contribution >= 0.6 is 0 Å². The lowest BCUT2D eigenvalue weighted by Gasteiger charge is -2.27. The minimum atomic E-state index is -0.274. The Balaban J connectivity index is 1.70. The summed E-state index contributed by atoms with van der Waals surface area (Å²) >= 11 is 0. The van der Waals surface area contributed by atoms with E-state index in [1.165, 1.54) is 0 Å². The quantitative estimate of drug-likeness (QED) is 0.645. The van der Waals surface area contributed by atoms with E-state index >= 15 is 0 Å². The van der Waals surface area contributed by atoms with E-state index < -0.39 is 0 Å². The Labute approximate surface area is 176 Å². The molecule has 5 heteroatoms. The molecule has 2 amide bonds. The first-order valence-electron chi connectivity index (χ1n) is 9.74. The van der Waals surface area contributed by atoms with Crippen molar-refractivity contribution in [2.45, 2.75) is 26.4 Å². The normalized spacial score (nSPS) is 10.3. The smallest absolute Gasteiger partial charge is 0.255 e. The number of benzene rings is 3. The lowest BCUT2D eigenvalue weighted by Crippen LogP contribution is -2.36. The van der Waals surface area contributed by atoms with Gasteiger partial charge in [-0.25, -0.2) is 0 Å². The van der Waals surface area contributed by atoms with Gasteiger partial charge >= 0.3 is 0 Å². The average Bonchev–Trinajstić information content (AvgIpc) is 2.78. The second kappa shape index (κ2) is 9.53. The number of nitrogens with one attached hydrogen (secondary N) is 1. The van der Waals surface area contributed by atoms with Crippen LogP contribution in [0.15, 0.2) is 78.9 Å². The molecule has 0 saturated heterocycles. The molecule has 0 atom stereocenters. The summed E-state index contributed by atoms with van der Waals surface area (Å²) < 4.78 is 0. The Morgan fingerprint density at radius 2 is 1.50 bits per heavy atom. The Kier molecular flexibility index (Phi) is 6.61. The number of nitrogens with zero attached hydrogens (tertiary/aromatic N) is 2. The van der Waals surface area contributed by atoms with Crippen molar-refractivity contribution in [2.75, 3.05) is 5.32 Å². The number of hydrogen-bond acceptors (Lipinski definition) is 3. The highest BCUT2D eigenvalue weighted by Gasteiger charge is 2.19. The molecule has 1 N–H and O–H groups in total. The van der Waals surface area contributed by atoms with Crippen molar-refractivity contribution in [1.82, 2.24) is 4.90 Å². The third-order valence-electron chi connectivity index (χ3n) is 4.75. The topological polar surface area (TPSA) is 73.2 Å². The molecule has 0 bridgehead atoms. The van der Waals surface area contributed by atoms with Crippen molar-refractivity contribution < 1.29 is 9.59 Å². The molecule has 0 fully saturated rings. The summed E-state index contributed by atoms with van der Waals surface area (Å²) in [7, 11) is 0. The highest BCUT2D eigenvalue weighted by atomic mass is 16.2. The number of nitriles is 1. The molecule has 0 saturated carbocycles. The number of hydrogen-bond donors (Lipinski definition) is 1. The van der Waals surface area contributed by atoms with Gasteiger partial charge in [0.15, 0.2) is 0 Å². The summed E-state index contributed by atoms with van der Waals surface area (Å²) in [6.45, 7) is 4.50. The van der Waals surface area contributed by atoms with Gasteiger partial charge in [0.05, 0.1) is 11.6 Å². The van der Waals surface area contributed by atoms with Crippen molar-refractivity contribution in [1.29, 1.82) is 5.26 Å². The standard InChI is InChI=1S/C25H23N3O2/c1-18(2)28(17-20-6-4-3-5-7-20)25(30)22-12-10-21(11-13-22)24(29)27-23-14-8-19(16-26)9-15-23/h3-15,18H,17H2,1-2H3,(H,27,29). The molecule has 3 aromatic rings. The predicted octanol–water partition coefficient (Wildman–Crippen LogP) is 4.86. The molecule has 0 radical (unpaired) electrons. The fourth-order valence-corrected chi connectivity index (χ4v) is 3.03. The fraction of sp³-hybridized carbons (Fsp3) is 0.160. The van der Waals surface area contributed by atoms with Gasteiger partial charge in [-0.1, -0.05) is 30.3 Å². The van der Waals surface area contributed by atoms with Gasteiger partial charge in [-0.3, -0.25) is 9.59 Å². The van der Waals surface area contributed by atoms with Gasteiger partial charge in [0.25, 0.3) is 11.8 Å². The van der Waals surface area contributed by atoms with E-state index in [2.05, 4.69) is 5.32 Å². The van der Waals surface area contributed by atoms with E-state index in [1.807, 2.05) is 50.2 Å². The number of carbonyl (C=O) groups excluding carboxylic acids is 2. The van der Waals surface area contributed by atoms with Crippen LogP contribution in [-0.4, -0.2) is 22.8 Å². The summed E-state index contributed by atoms with van der Waals surface area (Å²) in [5.41, 5.74) is 3.19. The number of amides is 2. The molecular formula is C25H23N3O2. The summed E-state index contributed by atoms with van der Waals surface area (Å²) in [5.74, 6) is -0.350. The van der Waals surface area contributed by atoms with Crippen LogP contribution in [-0.2, 0) is 6.54 Å². The molecule has 3 aromatic carbocycles. The van der Waals surface area contributed by atoms with E-state index in [1.54, 1.807) is 53.4 Å². The molecular weight excluding hydrogens is 374 g/mol. The zero-order valence-corrected chi connectivity index (χ0v) is 17.0. The molecule has 150 valence electrons. The molecule has 0 heterocycles. The molecule has 30 heavy (non-hydrogen) atoms. The Morgan fingerprint density at radius 3 is 2.07 bits per heavy atom. The summed E-state index contributed by atoms with van der Waals surface area (Å²) in [6.07, 6.45) is 0. The average molecular weight is 397 g/mol. The zero-order valence-electron chi connectivity index (χ0n) is 17.0. The van der Waals surface area contributed by atoms with Gasteiger partial charge in [0.1, 0.15) is 0 Å². The molecule has 0 aliphatic rings. The molecule has 0 unspecified atom stereocenters. The van der Waals surface area contributed by atoms with E-state index in [0.717, 1.165) is 5.56 Å². The second-order valence-corrected chi connectivity index (χ2v) is 7.23. The van der Waals surface area contributed by atoms with Crippen LogP contribution in [0.4, 0.5) is 5.69 Å². The van der Waals surface area contributed by atoms with E-state index in [0.29, 0.717) is 28.9 Å². The highest BCUT2D eigenvalue weighted by Crippen LogP contribution is 2.16. The lowest BCUT2D eigenvalue weighted by atomic mass is 10.1. The number of rotatable bonds is 6. The maximum atomic E-state index is 13.0. The van der Waals surface area contributed by atoms with Crippen LogP contribution < -0.4 is 5.32 Å². The molecule has 0 spiro atoms. The molecule has 0 aromatic heterocycles. The van der Waals surface area contributed by atoms with Crippen LogP contribution in [0.2, 0.25) is 0 Å². The Hall–Kier alpha value is -3.91. The van der Waals surface area contributed by atoms with Crippen molar-refractivity contribution in [2.24, 2.45) is 0 Å². The first-order chi connectivity index (χ1) is 14.5. The largest absolute Gasteiger partial charge is 0.332 e. The lowest BCUT2D eigenvalue weighted by molar-refractivity contribution is 0.0690. The zero-order chi connectivity index (χ0) is 21.5. The Morgan fingerprint density at radius 1 is 0.900 bits per heavy atom. The Bertz CT molecular complexity index is 1050. The van der Waals surface area contributed by atoms with Crippen LogP contribution in [0.1, 0.15) is 45.7 Å². The van der Waals surface area contributed by atoms with Gasteiger partial charge in [-0.15, -0.1) is 0 Å². The maximum absolute atomic E-state index is 13.0. The molecule has 5 nitrogen and oxygen atoms in total. The third-order valence-corrected chi connectivity index (χ3v) is 4.75. The van der Waals surface area contributed by atoms with Crippen LogP contribution in [0.25, 0.3) is 0 Å². The fourth-order valence-electron chi connectivity index (χ4n) is 3.03. The van der Waals surface area contributed by atoms with Gasteiger partial charge < -0.3 is 10.2 Å². The van der Waals surface area contributed by atoms with Crippen LogP contribution in [0, 0.1) is 11.3 Å². The van der Waals surface area contributed by atoms with Gasteiger partial charge in [-0.2, -0.15) is 5.26 Å². The van der Waals surface area contributed by atoms with E-state index in [9.17, 15) is 9.59 Å². The van der Waals surface area contributed by atoms with Crippen LogP contribution in [0.5, 0.6) is 0 Å². The van der Waals surface area contributed by atoms with E-state index in [-0.39, 0.29) is 17.9 Å². The van der Waals surface area contributed by atoms with Gasteiger partial charge in [0, 0.05) is 29.4 Å². The summed E-state index contributed by atoms with van der Waals surface area (Å²) in [6, 6.07) is 25.2. The van der Waals surface area contributed by atoms with Crippen molar-refractivity contribution >= 4 is 17.5 Å². The number of anilines is 1. The minimum absolute atomic E-state index is 0.0389. The molecule has 0 aliphatic heterocycles. The monoisotopic (exact) mass is 397 g/mol. The van der Waals surface area contributed by atoms with Crippen molar-refractivity contribution in [3.05, 3.63) is 101 Å². The first-order valence-corrected chi connectivity index (χ1v) is 9.74. The summed E-state index contributed by atoms with van der Waals surface area (Å²) in [5, 5.41) is 11.6.